The first-order valence-electron chi connectivity index (χ1n) is 5.54. The largest absolute Gasteiger partial charge is 0.497 e. The minimum absolute atomic E-state index is 0.635. The van der Waals surface area contributed by atoms with Gasteiger partial charge in [-0.3, -0.25) is 0 Å². The van der Waals surface area contributed by atoms with Crippen LogP contribution in [0.5, 0.6) is 5.75 Å². The highest BCUT2D eigenvalue weighted by Gasteiger charge is 2.08. The van der Waals surface area contributed by atoms with Crippen LogP contribution in [0.4, 0.5) is 17.1 Å². The van der Waals surface area contributed by atoms with Crippen LogP contribution in [-0.2, 0) is 0 Å². The third kappa shape index (κ3) is 2.51. The Kier molecular flexibility index (Phi) is 3.63. The van der Waals surface area contributed by atoms with Crippen molar-refractivity contribution in [2.45, 2.75) is 0 Å². The van der Waals surface area contributed by atoms with E-state index in [1.54, 1.807) is 13.2 Å². The van der Waals surface area contributed by atoms with Crippen molar-refractivity contribution < 1.29 is 4.74 Å². The molecule has 0 aromatic heterocycles. The van der Waals surface area contributed by atoms with Gasteiger partial charge in [-0.1, -0.05) is 17.7 Å². The Morgan fingerprint density at radius 2 is 1.94 bits per heavy atom. The van der Waals surface area contributed by atoms with Crippen molar-refractivity contribution in [2.75, 3.05) is 24.8 Å². The van der Waals surface area contributed by atoms with Crippen molar-refractivity contribution in [3.8, 4) is 5.75 Å². The number of halogens is 1. The lowest BCUT2D eigenvalue weighted by Gasteiger charge is -2.21. The first-order valence-corrected chi connectivity index (χ1v) is 5.92. The molecule has 0 atom stereocenters. The number of anilines is 3. The Morgan fingerprint density at radius 1 is 1.17 bits per heavy atom. The molecule has 0 aliphatic heterocycles. The molecule has 0 saturated heterocycles. The molecule has 0 fully saturated rings. The molecule has 4 heteroatoms. The highest BCUT2D eigenvalue weighted by molar-refractivity contribution is 6.31. The van der Waals surface area contributed by atoms with Gasteiger partial charge in [-0.2, -0.15) is 0 Å². The molecule has 2 N–H and O–H groups in total. The van der Waals surface area contributed by atoms with E-state index >= 15 is 0 Å². The van der Waals surface area contributed by atoms with E-state index in [0.29, 0.717) is 10.7 Å². The van der Waals surface area contributed by atoms with Crippen molar-refractivity contribution in [3.05, 3.63) is 47.5 Å². The van der Waals surface area contributed by atoms with Crippen LogP contribution in [0.3, 0.4) is 0 Å². The minimum Gasteiger partial charge on any atom is -0.497 e. The maximum absolute atomic E-state index is 5.97. The van der Waals surface area contributed by atoms with Gasteiger partial charge in [0.1, 0.15) is 5.75 Å². The van der Waals surface area contributed by atoms with E-state index in [1.807, 2.05) is 48.3 Å². The van der Waals surface area contributed by atoms with Crippen LogP contribution in [0.2, 0.25) is 5.02 Å². The standard InChI is InChI=1S/C14H15ClN2O/c1-17(11-4-3-5-12(9-11)18-2)14-7-6-10(15)8-13(14)16/h3-9H,16H2,1-2H3. The topological polar surface area (TPSA) is 38.5 Å². The van der Waals surface area contributed by atoms with E-state index in [2.05, 4.69) is 0 Å². The summed E-state index contributed by atoms with van der Waals surface area (Å²) >= 11 is 5.90. The second kappa shape index (κ2) is 5.19. The Labute approximate surface area is 112 Å². The van der Waals surface area contributed by atoms with Crippen LogP contribution in [0, 0.1) is 0 Å². The number of hydrogen-bond acceptors (Lipinski definition) is 3. The zero-order chi connectivity index (χ0) is 13.1. The van der Waals surface area contributed by atoms with E-state index < -0.39 is 0 Å². The summed E-state index contributed by atoms with van der Waals surface area (Å²) in [6.45, 7) is 0. The summed E-state index contributed by atoms with van der Waals surface area (Å²) in [6, 6.07) is 13.3. The second-order valence-electron chi connectivity index (χ2n) is 3.96. The number of benzene rings is 2. The highest BCUT2D eigenvalue weighted by atomic mass is 35.5. The zero-order valence-electron chi connectivity index (χ0n) is 10.4. The van der Waals surface area contributed by atoms with E-state index in [4.69, 9.17) is 22.1 Å². The number of nitrogens with two attached hydrogens (primary N) is 1. The molecule has 0 heterocycles. The molecule has 2 aromatic carbocycles. The fourth-order valence-electron chi connectivity index (χ4n) is 1.79. The van der Waals surface area contributed by atoms with E-state index in [1.165, 1.54) is 0 Å². The fourth-order valence-corrected chi connectivity index (χ4v) is 1.97. The maximum Gasteiger partial charge on any atom is 0.120 e. The normalized spacial score (nSPS) is 10.2. The van der Waals surface area contributed by atoms with Crippen molar-refractivity contribution in [2.24, 2.45) is 0 Å². The van der Waals surface area contributed by atoms with E-state index in [-0.39, 0.29) is 0 Å². The number of hydrogen-bond donors (Lipinski definition) is 1. The van der Waals surface area contributed by atoms with Gasteiger partial charge >= 0.3 is 0 Å². The van der Waals surface area contributed by atoms with Crippen LogP contribution in [0.1, 0.15) is 0 Å². The average molecular weight is 263 g/mol. The van der Waals surface area contributed by atoms with Crippen molar-refractivity contribution in [3.63, 3.8) is 0 Å². The Hall–Kier alpha value is -1.87. The molecule has 2 aromatic rings. The Bertz CT molecular complexity index is 557. The summed E-state index contributed by atoms with van der Waals surface area (Å²) in [7, 11) is 3.60. The third-order valence-corrected chi connectivity index (χ3v) is 3.03. The third-order valence-electron chi connectivity index (χ3n) is 2.79. The van der Waals surface area contributed by atoms with Gasteiger partial charge in [0, 0.05) is 23.8 Å². The van der Waals surface area contributed by atoms with Crippen molar-refractivity contribution >= 4 is 28.7 Å². The van der Waals surface area contributed by atoms with Gasteiger partial charge in [0.25, 0.3) is 0 Å². The predicted molar refractivity (Wildman–Crippen MR) is 76.9 cm³/mol. The summed E-state index contributed by atoms with van der Waals surface area (Å²) in [5, 5.41) is 0.635. The lowest BCUT2D eigenvalue weighted by Crippen LogP contribution is -2.11. The Balaban J connectivity index is 2.37. The molecular weight excluding hydrogens is 248 g/mol. The minimum atomic E-state index is 0.635. The molecule has 0 unspecified atom stereocenters. The van der Waals surface area contributed by atoms with Gasteiger partial charge in [0.05, 0.1) is 18.5 Å². The van der Waals surface area contributed by atoms with Gasteiger partial charge in [0.15, 0.2) is 0 Å². The van der Waals surface area contributed by atoms with Crippen molar-refractivity contribution in [1.82, 2.24) is 0 Å². The van der Waals surface area contributed by atoms with Gasteiger partial charge in [-0.25, -0.2) is 0 Å². The monoisotopic (exact) mass is 262 g/mol. The molecule has 94 valence electrons. The molecule has 0 amide bonds. The van der Waals surface area contributed by atoms with E-state index in [0.717, 1.165) is 17.1 Å². The number of rotatable bonds is 3. The molecule has 18 heavy (non-hydrogen) atoms. The number of nitrogen functional groups attached to an aromatic ring is 1. The first kappa shape index (κ1) is 12.6. The van der Waals surface area contributed by atoms with Gasteiger partial charge in [0.2, 0.25) is 0 Å². The summed E-state index contributed by atoms with van der Waals surface area (Å²) < 4.78 is 5.21. The molecule has 0 bridgehead atoms. The maximum atomic E-state index is 5.97. The Morgan fingerprint density at radius 3 is 2.61 bits per heavy atom. The molecule has 3 nitrogen and oxygen atoms in total. The van der Waals surface area contributed by atoms with Gasteiger partial charge in [-0.15, -0.1) is 0 Å². The van der Waals surface area contributed by atoms with Gasteiger partial charge in [-0.05, 0) is 30.3 Å². The number of ether oxygens (including phenoxy) is 1. The van der Waals surface area contributed by atoms with Crippen LogP contribution in [0.15, 0.2) is 42.5 Å². The SMILES string of the molecule is COc1cccc(N(C)c2ccc(Cl)cc2N)c1. The molecule has 0 aliphatic rings. The summed E-state index contributed by atoms with van der Waals surface area (Å²) in [4.78, 5) is 1.99. The highest BCUT2D eigenvalue weighted by Crippen LogP contribution is 2.32. The molecule has 2 rings (SSSR count). The summed E-state index contributed by atoms with van der Waals surface area (Å²) in [5.74, 6) is 0.812. The second-order valence-corrected chi connectivity index (χ2v) is 4.40. The van der Waals surface area contributed by atoms with Crippen LogP contribution >= 0.6 is 11.6 Å². The van der Waals surface area contributed by atoms with Crippen LogP contribution in [0.25, 0.3) is 0 Å². The quantitative estimate of drug-likeness (QED) is 0.858. The molecule has 0 aliphatic carbocycles. The lowest BCUT2D eigenvalue weighted by atomic mass is 10.2. The molecule has 0 radical (unpaired) electrons. The van der Waals surface area contributed by atoms with E-state index in [9.17, 15) is 0 Å². The molecular formula is C14H15ClN2O. The van der Waals surface area contributed by atoms with Crippen molar-refractivity contribution in [1.29, 1.82) is 0 Å². The number of nitrogens with zero attached hydrogens (tertiary/aromatic N) is 1. The van der Waals surface area contributed by atoms with Crippen LogP contribution in [-0.4, -0.2) is 14.2 Å². The van der Waals surface area contributed by atoms with Crippen LogP contribution < -0.4 is 15.4 Å². The first-order chi connectivity index (χ1) is 8.61. The summed E-state index contributed by atoms with van der Waals surface area (Å²) in [5.41, 5.74) is 8.53. The fraction of sp³-hybridized carbons (Fsp3) is 0.143. The zero-order valence-corrected chi connectivity index (χ0v) is 11.1. The summed E-state index contributed by atoms with van der Waals surface area (Å²) in [6.07, 6.45) is 0. The molecule has 0 saturated carbocycles. The number of methoxy groups -OCH3 is 1. The average Bonchev–Trinajstić information content (AvgIpc) is 2.38. The lowest BCUT2D eigenvalue weighted by molar-refractivity contribution is 0.415. The smallest absolute Gasteiger partial charge is 0.120 e. The predicted octanol–water partition coefficient (Wildman–Crippen LogP) is 3.70. The molecule has 0 spiro atoms. The van der Waals surface area contributed by atoms with Gasteiger partial charge < -0.3 is 15.4 Å².